The molecule has 3 heteroatoms. The van der Waals surface area contributed by atoms with Gasteiger partial charge in [0.1, 0.15) is 0 Å². The van der Waals surface area contributed by atoms with Crippen LogP contribution in [0.5, 0.6) is 0 Å². The first-order valence-corrected chi connectivity index (χ1v) is 7.14. The molecule has 0 unspecified atom stereocenters. The highest BCUT2D eigenvalue weighted by molar-refractivity contribution is 5.30. The minimum absolute atomic E-state index is 0.128. The van der Waals surface area contributed by atoms with E-state index in [0.717, 1.165) is 19.5 Å². The van der Waals surface area contributed by atoms with Crippen LogP contribution in [0.4, 0.5) is 0 Å². The number of ether oxygens (including phenoxy) is 2. The molecule has 0 saturated carbocycles. The first-order chi connectivity index (χ1) is 9.28. The van der Waals surface area contributed by atoms with E-state index in [1.54, 1.807) is 14.2 Å². The van der Waals surface area contributed by atoms with Crippen molar-refractivity contribution in [2.45, 2.75) is 38.5 Å². The zero-order valence-electron chi connectivity index (χ0n) is 12.3. The van der Waals surface area contributed by atoms with Crippen LogP contribution in [0.15, 0.2) is 24.3 Å². The Morgan fingerprint density at radius 3 is 2.53 bits per heavy atom. The van der Waals surface area contributed by atoms with Crippen molar-refractivity contribution in [3.8, 4) is 0 Å². The van der Waals surface area contributed by atoms with Gasteiger partial charge in [0.15, 0.2) is 6.29 Å². The molecule has 0 heterocycles. The Kier molecular flexibility index (Phi) is 5.37. The molecular formula is C16H25NO2. The fourth-order valence-electron chi connectivity index (χ4n) is 2.96. The summed E-state index contributed by atoms with van der Waals surface area (Å²) >= 11 is 0. The molecule has 1 aliphatic carbocycles. The quantitative estimate of drug-likeness (QED) is 0.736. The molecule has 0 saturated heterocycles. The summed E-state index contributed by atoms with van der Waals surface area (Å²) in [5.41, 5.74) is 3.02. The molecule has 1 aromatic rings. The van der Waals surface area contributed by atoms with Gasteiger partial charge in [-0.25, -0.2) is 0 Å². The van der Waals surface area contributed by atoms with Crippen LogP contribution >= 0.6 is 0 Å². The summed E-state index contributed by atoms with van der Waals surface area (Å²) in [6, 6.07) is 9.41. The summed E-state index contributed by atoms with van der Waals surface area (Å²) in [6.07, 6.45) is 3.43. The van der Waals surface area contributed by atoms with E-state index in [-0.39, 0.29) is 6.29 Å². The zero-order chi connectivity index (χ0) is 13.7. The third kappa shape index (κ3) is 3.56. The van der Waals surface area contributed by atoms with Crippen LogP contribution in [0.2, 0.25) is 0 Å². The summed E-state index contributed by atoms with van der Waals surface area (Å²) in [4.78, 5) is 2.48. The molecule has 0 spiro atoms. The normalized spacial score (nSPS) is 18.9. The number of benzene rings is 1. The van der Waals surface area contributed by atoms with Gasteiger partial charge in [-0.05, 0) is 36.9 Å². The Labute approximate surface area is 116 Å². The maximum absolute atomic E-state index is 5.33. The zero-order valence-corrected chi connectivity index (χ0v) is 12.3. The molecule has 2 rings (SSSR count). The van der Waals surface area contributed by atoms with Gasteiger partial charge in [0, 0.05) is 26.8 Å². The van der Waals surface area contributed by atoms with Gasteiger partial charge >= 0.3 is 0 Å². The third-order valence-electron chi connectivity index (χ3n) is 4.15. The lowest BCUT2D eigenvalue weighted by Gasteiger charge is -2.35. The molecule has 1 aliphatic rings. The molecule has 1 atom stereocenters. The van der Waals surface area contributed by atoms with Crippen molar-refractivity contribution >= 4 is 0 Å². The fraction of sp³-hybridized carbons (Fsp3) is 0.625. The van der Waals surface area contributed by atoms with Crippen LogP contribution in [0, 0.1) is 0 Å². The molecule has 106 valence electrons. The van der Waals surface area contributed by atoms with Crippen LogP contribution in [-0.2, 0) is 22.3 Å². The number of methoxy groups -OCH3 is 2. The van der Waals surface area contributed by atoms with E-state index >= 15 is 0 Å². The maximum atomic E-state index is 5.33. The van der Waals surface area contributed by atoms with Gasteiger partial charge in [-0.3, -0.25) is 4.90 Å². The second-order valence-corrected chi connectivity index (χ2v) is 5.15. The molecule has 3 nitrogen and oxygen atoms in total. The summed E-state index contributed by atoms with van der Waals surface area (Å²) in [6.45, 7) is 4.09. The molecule has 0 aliphatic heterocycles. The third-order valence-corrected chi connectivity index (χ3v) is 4.15. The number of rotatable bonds is 6. The second-order valence-electron chi connectivity index (χ2n) is 5.15. The average molecular weight is 263 g/mol. The molecule has 0 radical (unpaired) electrons. The number of hydrogen-bond donors (Lipinski definition) is 0. The molecule has 19 heavy (non-hydrogen) atoms. The Morgan fingerprint density at radius 1 is 1.21 bits per heavy atom. The molecule has 0 bridgehead atoms. The van der Waals surface area contributed by atoms with Crippen molar-refractivity contribution in [1.29, 1.82) is 0 Å². The van der Waals surface area contributed by atoms with Crippen LogP contribution in [-0.4, -0.2) is 44.5 Å². The van der Waals surface area contributed by atoms with Crippen molar-refractivity contribution in [1.82, 2.24) is 4.90 Å². The average Bonchev–Trinajstić information content (AvgIpc) is 2.48. The van der Waals surface area contributed by atoms with Crippen LogP contribution < -0.4 is 0 Å². The smallest absolute Gasteiger partial charge is 0.169 e. The van der Waals surface area contributed by atoms with E-state index in [0.29, 0.717) is 6.04 Å². The van der Waals surface area contributed by atoms with Gasteiger partial charge < -0.3 is 9.47 Å². The molecule has 0 amide bonds. The summed E-state index contributed by atoms with van der Waals surface area (Å²) in [7, 11) is 3.41. The van der Waals surface area contributed by atoms with Gasteiger partial charge in [-0.15, -0.1) is 0 Å². The number of aryl methyl sites for hydroxylation is 1. The molecule has 1 aromatic carbocycles. The van der Waals surface area contributed by atoms with Crippen molar-refractivity contribution < 1.29 is 9.47 Å². The summed E-state index contributed by atoms with van der Waals surface area (Å²) in [5, 5.41) is 0. The van der Waals surface area contributed by atoms with E-state index in [1.807, 2.05) is 0 Å². The summed E-state index contributed by atoms with van der Waals surface area (Å²) < 4.78 is 10.7. The van der Waals surface area contributed by atoms with E-state index in [2.05, 4.69) is 36.1 Å². The van der Waals surface area contributed by atoms with Crippen molar-refractivity contribution in [3.63, 3.8) is 0 Å². The molecule has 0 aromatic heterocycles. The van der Waals surface area contributed by atoms with E-state index in [9.17, 15) is 0 Å². The predicted molar refractivity (Wildman–Crippen MR) is 77.3 cm³/mol. The standard InChI is InChI=1S/C16H25NO2/c1-4-17(12-16(18-2)19-3)15-10-9-13-7-5-6-8-14(13)11-15/h5-8,15-16H,4,9-12H2,1-3H3/t15-/m0/s1. The maximum Gasteiger partial charge on any atom is 0.169 e. The van der Waals surface area contributed by atoms with E-state index in [1.165, 1.54) is 24.0 Å². The minimum atomic E-state index is -0.128. The van der Waals surface area contributed by atoms with Gasteiger partial charge in [0.2, 0.25) is 0 Å². The minimum Gasteiger partial charge on any atom is -0.355 e. The van der Waals surface area contributed by atoms with Gasteiger partial charge in [0.05, 0.1) is 0 Å². The van der Waals surface area contributed by atoms with Crippen molar-refractivity contribution in [2.24, 2.45) is 0 Å². The van der Waals surface area contributed by atoms with Crippen LogP contribution in [0.1, 0.15) is 24.5 Å². The number of likely N-dealkylation sites (N-methyl/N-ethyl adjacent to an activating group) is 1. The monoisotopic (exact) mass is 263 g/mol. The highest BCUT2D eigenvalue weighted by Crippen LogP contribution is 2.24. The first kappa shape index (κ1) is 14.5. The Bertz CT molecular complexity index is 390. The van der Waals surface area contributed by atoms with Crippen LogP contribution in [0.3, 0.4) is 0 Å². The highest BCUT2D eigenvalue weighted by Gasteiger charge is 2.25. The van der Waals surface area contributed by atoms with Gasteiger partial charge in [0.25, 0.3) is 0 Å². The predicted octanol–water partition coefficient (Wildman–Crippen LogP) is 2.48. The second kappa shape index (κ2) is 7.04. The lowest BCUT2D eigenvalue weighted by molar-refractivity contribution is -0.120. The van der Waals surface area contributed by atoms with Crippen molar-refractivity contribution in [2.75, 3.05) is 27.3 Å². The molecule has 0 fully saturated rings. The Morgan fingerprint density at radius 2 is 1.89 bits per heavy atom. The Balaban J connectivity index is 2.01. The lowest BCUT2D eigenvalue weighted by Crippen LogP contribution is -2.44. The highest BCUT2D eigenvalue weighted by atomic mass is 16.7. The SMILES string of the molecule is CCN(CC(OC)OC)[C@H]1CCc2ccccc2C1. The van der Waals surface area contributed by atoms with Crippen LogP contribution in [0.25, 0.3) is 0 Å². The lowest BCUT2D eigenvalue weighted by atomic mass is 9.87. The number of fused-ring (bicyclic) bond motifs is 1. The summed E-state index contributed by atoms with van der Waals surface area (Å²) in [5.74, 6) is 0. The van der Waals surface area contributed by atoms with Gasteiger partial charge in [-0.2, -0.15) is 0 Å². The van der Waals surface area contributed by atoms with Crippen molar-refractivity contribution in [3.05, 3.63) is 35.4 Å². The molecular weight excluding hydrogens is 238 g/mol. The Hall–Kier alpha value is -0.900. The molecule has 0 N–H and O–H groups in total. The number of nitrogens with zero attached hydrogens (tertiary/aromatic N) is 1. The number of hydrogen-bond acceptors (Lipinski definition) is 3. The largest absolute Gasteiger partial charge is 0.355 e. The van der Waals surface area contributed by atoms with E-state index in [4.69, 9.17) is 9.47 Å². The van der Waals surface area contributed by atoms with E-state index < -0.39 is 0 Å². The fourth-order valence-corrected chi connectivity index (χ4v) is 2.96. The first-order valence-electron chi connectivity index (χ1n) is 7.14. The van der Waals surface area contributed by atoms with Gasteiger partial charge in [-0.1, -0.05) is 31.2 Å². The topological polar surface area (TPSA) is 21.7 Å².